The molecule has 1 saturated carbocycles. The summed E-state index contributed by atoms with van der Waals surface area (Å²) in [7, 11) is 0. The molecule has 1 amide bonds. The third-order valence-corrected chi connectivity index (χ3v) is 5.92. The van der Waals surface area contributed by atoms with Crippen LogP contribution in [-0.2, 0) is 9.59 Å². The molecule has 5 heteroatoms. The van der Waals surface area contributed by atoms with E-state index >= 15 is 0 Å². The van der Waals surface area contributed by atoms with Crippen LogP contribution in [0.5, 0.6) is 0 Å². The summed E-state index contributed by atoms with van der Waals surface area (Å²) >= 11 is 0. The van der Waals surface area contributed by atoms with Gasteiger partial charge in [-0.3, -0.25) is 14.5 Å². The number of hydrogen-bond acceptors (Lipinski definition) is 3. The Balaban J connectivity index is 1.91. The first-order valence-corrected chi connectivity index (χ1v) is 8.58. The van der Waals surface area contributed by atoms with Crippen LogP contribution in [0, 0.1) is 23.7 Å². The van der Waals surface area contributed by atoms with E-state index in [2.05, 4.69) is 19.2 Å². The van der Waals surface area contributed by atoms with Crippen LogP contribution in [0.1, 0.15) is 47.0 Å². The zero-order valence-electron chi connectivity index (χ0n) is 14.2. The van der Waals surface area contributed by atoms with Gasteiger partial charge in [0.2, 0.25) is 5.91 Å². The molecule has 6 atom stereocenters. The molecule has 0 bridgehead atoms. The summed E-state index contributed by atoms with van der Waals surface area (Å²) in [6, 6.07) is 0.00484. The lowest BCUT2D eigenvalue weighted by atomic mass is 9.78. The molecule has 1 aliphatic carbocycles. The number of amides is 1. The van der Waals surface area contributed by atoms with Gasteiger partial charge in [-0.15, -0.1) is 0 Å². The molecule has 0 aromatic heterocycles. The van der Waals surface area contributed by atoms with Gasteiger partial charge in [-0.05, 0) is 31.1 Å². The molecule has 2 rings (SSSR count). The maximum absolute atomic E-state index is 12.5. The minimum absolute atomic E-state index is 0.0455. The Morgan fingerprint density at radius 2 is 1.82 bits per heavy atom. The van der Waals surface area contributed by atoms with Crippen molar-refractivity contribution in [2.75, 3.05) is 13.1 Å². The third-order valence-electron chi connectivity index (χ3n) is 5.92. The van der Waals surface area contributed by atoms with E-state index in [9.17, 15) is 14.7 Å². The summed E-state index contributed by atoms with van der Waals surface area (Å²) in [4.78, 5) is 25.8. The molecule has 1 saturated heterocycles. The Kier molecular flexibility index (Phi) is 5.48. The number of carboxylic acid groups (broad SMARTS) is 1. The first kappa shape index (κ1) is 17.3. The lowest BCUT2D eigenvalue weighted by Crippen LogP contribution is -2.51. The Bertz CT molecular complexity index is 426. The van der Waals surface area contributed by atoms with Gasteiger partial charge in [-0.25, -0.2) is 0 Å². The second-order valence-corrected chi connectivity index (χ2v) is 7.43. The summed E-state index contributed by atoms with van der Waals surface area (Å²) in [5.41, 5.74) is 0. The minimum atomic E-state index is -0.752. The van der Waals surface area contributed by atoms with E-state index in [1.165, 1.54) is 12.8 Å². The fourth-order valence-corrected chi connectivity index (χ4v) is 3.90. The predicted molar refractivity (Wildman–Crippen MR) is 85.4 cm³/mol. The van der Waals surface area contributed by atoms with Crippen molar-refractivity contribution in [2.24, 2.45) is 23.7 Å². The van der Waals surface area contributed by atoms with Crippen molar-refractivity contribution in [2.45, 2.75) is 59.0 Å². The number of likely N-dealkylation sites (tertiary alicyclic amines) is 1. The van der Waals surface area contributed by atoms with Crippen LogP contribution in [0.4, 0.5) is 0 Å². The van der Waals surface area contributed by atoms with Gasteiger partial charge in [0.15, 0.2) is 0 Å². The summed E-state index contributed by atoms with van der Waals surface area (Å²) in [6.07, 6.45) is 3.47. The fraction of sp³-hybridized carbons (Fsp3) is 0.882. The quantitative estimate of drug-likeness (QED) is 0.833. The highest BCUT2D eigenvalue weighted by Crippen LogP contribution is 2.30. The van der Waals surface area contributed by atoms with Gasteiger partial charge in [-0.1, -0.05) is 33.6 Å². The van der Waals surface area contributed by atoms with Crippen molar-refractivity contribution in [3.63, 3.8) is 0 Å². The lowest BCUT2D eigenvalue weighted by Gasteiger charge is -2.36. The first-order valence-electron chi connectivity index (χ1n) is 8.58. The van der Waals surface area contributed by atoms with Gasteiger partial charge in [-0.2, -0.15) is 0 Å². The molecular formula is C17H30N2O3. The molecule has 0 spiro atoms. The molecule has 126 valence electrons. The molecule has 22 heavy (non-hydrogen) atoms. The van der Waals surface area contributed by atoms with Gasteiger partial charge >= 0.3 is 5.97 Å². The smallest absolute Gasteiger partial charge is 0.308 e. The topological polar surface area (TPSA) is 69.6 Å². The Hall–Kier alpha value is -1.10. The van der Waals surface area contributed by atoms with Crippen molar-refractivity contribution in [1.82, 2.24) is 10.2 Å². The van der Waals surface area contributed by atoms with Gasteiger partial charge < -0.3 is 10.4 Å². The van der Waals surface area contributed by atoms with Crippen molar-refractivity contribution in [3.05, 3.63) is 0 Å². The highest BCUT2D eigenvalue weighted by Gasteiger charge is 2.39. The predicted octanol–water partition coefficient (Wildman–Crippen LogP) is 1.97. The van der Waals surface area contributed by atoms with Crippen LogP contribution in [0.15, 0.2) is 0 Å². The van der Waals surface area contributed by atoms with Crippen molar-refractivity contribution >= 4 is 11.9 Å². The largest absolute Gasteiger partial charge is 0.481 e. The number of aliphatic carboxylic acids is 1. The van der Waals surface area contributed by atoms with Crippen LogP contribution >= 0.6 is 0 Å². The number of carbonyl (C=O) groups excluding carboxylic acids is 1. The average molecular weight is 310 g/mol. The van der Waals surface area contributed by atoms with Crippen LogP contribution in [-0.4, -0.2) is 47.1 Å². The Morgan fingerprint density at radius 3 is 2.41 bits per heavy atom. The van der Waals surface area contributed by atoms with Gasteiger partial charge in [0.1, 0.15) is 0 Å². The molecule has 1 aliphatic heterocycles. The number of carbonyl (C=O) groups is 2. The molecule has 2 aliphatic rings. The van der Waals surface area contributed by atoms with Crippen LogP contribution in [0.25, 0.3) is 0 Å². The van der Waals surface area contributed by atoms with Gasteiger partial charge in [0.25, 0.3) is 0 Å². The highest BCUT2D eigenvalue weighted by molar-refractivity contribution is 5.82. The summed E-state index contributed by atoms with van der Waals surface area (Å²) in [6.45, 7) is 9.48. The molecule has 0 aromatic rings. The second-order valence-electron chi connectivity index (χ2n) is 7.43. The minimum Gasteiger partial charge on any atom is -0.481 e. The van der Waals surface area contributed by atoms with E-state index in [4.69, 9.17) is 0 Å². The van der Waals surface area contributed by atoms with E-state index in [1.54, 1.807) is 0 Å². The third kappa shape index (κ3) is 3.62. The van der Waals surface area contributed by atoms with Crippen molar-refractivity contribution < 1.29 is 14.7 Å². The van der Waals surface area contributed by atoms with E-state index < -0.39 is 5.97 Å². The van der Waals surface area contributed by atoms with E-state index in [0.29, 0.717) is 24.9 Å². The summed E-state index contributed by atoms with van der Waals surface area (Å²) in [5.74, 6) is 0.193. The van der Waals surface area contributed by atoms with Crippen LogP contribution < -0.4 is 5.32 Å². The average Bonchev–Trinajstić information content (AvgIpc) is 2.85. The van der Waals surface area contributed by atoms with Crippen molar-refractivity contribution in [1.29, 1.82) is 0 Å². The summed E-state index contributed by atoms with van der Waals surface area (Å²) in [5, 5.41) is 12.4. The molecule has 0 radical (unpaired) electrons. The molecule has 2 N–H and O–H groups in total. The van der Waals surface area contributed by atoms with Crippen LogP contribution in [0.2, 0.25) is 0 Å². The Labute approximate surface area is 133 Å². The molecule has 0 aromatic carbocycles. The normalized spacial score (nSPS) is 37.7. The standard InChI is InChI=1S/C17H30N2O3/c1-10-6-5-7-15(12(10)3)18-16(20)13(4)19-8-11(2)14(9-19)17(21)22/h10-15H,5-9H2,1-4H3,(H,18,20)(H,21,22)/t10?,11-,12?,13?,14-,15?/m1/s1. The van der Waals surface area contributed by atoms with Gasteiger partial charge in [0, 0.05) is 19.1 Å². The fourth-order valence-electron chi connectivity index (χ4n) is 3.90. The summed E-state index contributed by atoms with van der Waals surface area (Å²) < 4.78 is 0. The lowest BCUT2D eigenvalue weighted by molar-refractivity contribution is -0.142. The highest BCUT2D eigenvalue weighted by atomic mass is 16.4. The maximum Gasteiger partial charge on any atom is 0.308 e. The molecular weight excluding hydrogens is 280 g/mol. The molecule has 4 unspecified atom stereocenters. The number of carboxylic acids is 1. The zero-order chi connectivity index (χ0) is 16.4. The molecule has 1 heterocycles. The second kappa shape index (κ2) is 6.99. The van der Waals surface area contributed by atoms with E-state index in [-0.39, 0.29) is 29.8 Å². The number of hydrogen-bond donors (Lipinski definition) is 2. The van der Waals surface area contributed by atoms with Gasteiger partial charge in [0.05, 0.1) is 12.0 Å². The van der Waals surface area contributed by atoms with E-state index in [1.807, 2.05) is 18.7 Å². The zero-order valence-corrected chi connectivity index (χ0v) is 14.2. The van der Waals surface area contributed by atoms with Crippen LogP contribution in [0.3, 0.4) is 0 Å². The molecule has 5 nitrogen and oxygen atoms in total. The number of nitrogens with zero attached hydrogens (tertiary/aromatic N) is 1. The van der Waals surface area contributed by atoms with E-state index in [0.717, 1.165) is 6.42 Å². The SMILES string of the molecule is CC1CCCC(NC(=O)C(C)N2C[C@@H](C)[C@H](C(=O)O)C2)C1C. The Morgan fingerprint density at radius 1 is 1.14 bits per heavy atom. The molecule has 2 fully saturated rings. The monoisotopic (exact) mass is 310 g/mol. The first-order chi connectivity index (χ1) is 10.3. The number of nitrogens with one attached hydrogen (secondary N) is 1. The van der Waals surface area contributed by atoms with Crippen molar-refractivity contribution in [3.8, 4) is 0 Å². The maximum atomic E-state index is 12.5. The number of rotatable bonds is 4.